The van der Waals surface area contributed by atoms with Gasteiger partial charge in [-0.15, -0.1) is 11.3 Å². The summed E-state index contributed by atoms with van der Waals surface area (Å²) in [6, 6.07) is 10.9. The molecule has 6 nitrogen and oxygen atoms in total. The van der Waals surface area contributed by atoms with Crippen molar-refractivity contribution in [2.75, 3.05) is 17.4 Å². The van der Waals surface area contributed by atoms with E-state index < -0.39 is 0 Å². The minimum atomic E-state index is -0.287. The van der Waals surface area contributed by atoms with Gasteiger partial charge in [0.25, 0.3) is 5.91 Å². The van der Waals surface area contributed by atoms with Crippen LogP contribution in [0.2, 0.25) is 5.02 Å². The zero-order valence-corrected chi connectivity index (χ0v) is 15.3. The summed E-state index contributed by atoms with van der Waals surface area (Å²) in [5.74, 6) is 1.11. The van der Waals surface area contributed by atoms with Crippen molar-refractivity contribution in [2.45, 2.75) is 6.92 Å². The number of fused-ring (bicyclic) bond motifs is 1. The lowest BCUT2D eigenvalue weighted by Gasteiger charge is -2.08. The topological polar surface area (TPSA) is 72.5 Å². The quantitative estimate of drug-likeness (QED) is 0.670. The normalized spacial score (nSPS) is 12.1. The number of hydrogen-bond donors (Lipinski definition) is 2. The van der Waals surface area contributed by atoms with Crippen LogP contribution in [0.5, 0.6) is 11.5 Å². The van der Waals surface area contributed by atoms with E-state index in [1.165, 1.54) is 11.3 Å². The van der Waals surface area contributed by atoms with E-state index in [1.807, 2.05) is 25.1 Å². The molecule has 1 aliphatic heterocycles. The summed E-state index contributed by atoms with van der Waals surface area (Å²) >= 11 is 7.43. The molecule has 0 fully saturated rings. The minimum absolute atomic E-state index is 0.225. The van der Waals surface area contributed by atoms with Gasteiger partial charge in [0.1, 0.15) is 5.69 Å². The molecule has 3 aromatic rings. The fourth-order valence-corrected chi connectivity index (χ4v) is 3.35. The van der Waals surface area contributed by atoms with Crippen molar-refractivity contribution < 1.29 is 14.3 Å². The molecular formula is C18H14ClN3O3S. The van der Waals surface area contributed by atoms with Crippen LogP contribution in [0.25, 0.3) is 0 Å². The second kappa shape index (κ2) is 6.86. The van der Waals surface area contributed by atoms with Gasteiger partial charge in [0.2, 0.25) is 6.79 Å². The number of halogens is 1. The van der Waals surface area contributed by atoms with E-state index in [4.69, 9.17) is 21.1 Å². The van der Waals surface area contributed by atoms with Crippen molar-refractivity contribution in [3.63, 3.8) is 0 Å². The van der Waals surface area contributed by atoms with Crippen molar-refractivity contribution in [3.05, 3.63) is 58.1 Å². The number of carbonyl (C=O) groups is 1. The highest BCUT2D eigenvalue weighted by atomic mass is 35.5. The molecule has 0 saturated carbocycles. The second-order valence-corrected chi connectivity index (χ2v) is 6.86. The molecule has 1 aromatic heterocycles. The number of anilines is 3. The number of aromatic nitrogens is 1. The van der Waals surface area contributed by atoms with E-state index in [1.54, 1.807) is 23.6 Å². The van der Waals surface area contributed by atoms with Gasteiger partial charge in [-0.2, -0.15) is 0 Å². The molecule has 0 saturated heterocycles. The number of amides is 1. The first-order valence-corrected chi connectivity index (χ1v) is 9.04. The molecule has 0 bridgehead atoms. The Morgan fingerprint density at radius 2 is 2.08 bits per heavy atom. The van der Waals surface area contributed by atoms with Crippen LogP contribution in [0, 0.1) is 6.92 Å². The smallest absolute Gasteiger partial charge is 0.275 e. The third-order valence-electron chi connectivity index (χ3n) is 3.88. The number of benzene rings is 2. The monoisotopic (exact) mass is 387 g/mol. The molecule has 1 aliphatic rings. The summed E-state index contributed by atoms with van der Waals surface area (Å²) in [7, 11) is 0. The molecule has 0 atom stereocenters. The zero-order chi connectivity index (χ0) is 18.1. The molecule has 0 aliphatic carbocycles. The molecule has 2 aromatic carbocycles. The van der Waals surface area contributed by atoms with Crippen molar-refractivity contribution in [3.8, 4) is 11.5 Å². The van der Waals surface area contributed by atoms with Gasteiger partial charge in [-0.05, 0) is 36.8 Å². The molecule has 8 heteroatoms. The van der Waals surface area contributed by atoms with Gasteiger partial charge in [0.15, 0.2) is 16.6 Å². The fourth-order valence-electron chi connectivity index (χ4n) is 2.46. The number of ether oxygens (including phenoxy) is 2. The molecule has 132 valence electrons. The Morgan fingerprint density at radius 3 is 2.96 bits per heavy atom. The van der Waals surface area contributed by atoms with E-state index in [2.05, 4.69) is 15.6 Å². The lowest BCUT2D eigenvalue weighted by Crippen LogP contribution is -2.13. The zero-order valence-electron chi connectivity index (χ0n) is 13.7. The van der Waals surface area contributed by atoms with Gasteiger partial charge < -0.3 is 20.1 Å². The average molecular weight is 388 g/mol. The first-order chi connectivity index (χ1) is 12.6. The molecule has 2 N–H and O–H groups in total. The Kier molecular flexibility index (Phi) is 4.40. The highest BCUT2D eigenvalue weighted by molar-refractivity contribution is 7.14. The molecule has 1 amide bonds. The van der Waals surface area contributed by atoms with Crippen LogP contribution in [-0.2, 0) is 0 Å². The van der Waals surface area contributed by atoms with Crippen LogP contribution in [0.1, 0.15) is 16.1 Å². The Balaban J connectivity index is 1.47. The summed E-state index contributed by atoms with van der Waals surface area (Å²) < 4.78 is 10.6. The Labute approximate surface area is 158 Å². The molecule has 26 heavy (non-hydrogen) atoms. The SMILES string of the molecule is Cc1c(Cl)cccc1NC(=O)c1csc(Nc2ccc3c(c2)OCO3)n1. The van der Waals surface area contributed by atoms with Crippen LogP contribution in [-0.4, -0.2) is 17.7 Å². The van der Waals surface area contributed by atoms with Gasteiger partial charge in [0, 0.05) is 27.8 Å². The summed E-state index contributed by atoms with van der Waals surface area (Å²) in [5, 5.41) is 8.91. The molecule has 0 radical (unpaired) electrons. The lowest BCUT2D eigenvalue weighted by molar-refractivity contribution is 0.102. The molecular weight excluding hydrogens is 374 g/mol. The predicted octanol–water partition coefficient (Wildman–Crippen LogP) is 4.83. The first kappa shape index (κ1) is 16.7. The number of carbonyl (C=O) groups excluding carboxylic acids is 1. The third-order valence-corrected chi connectivity index (χ3v) is 5.04. The number of thiazole rings is 1. The summed E-state index contributed by atoms with van der Waals surface area (Å²) in [6.07, 6.45) is 0. The highest BCUT2D eigenvalue weighted by Gasteiger charge is 2.15. The van der Waals surface area contributed by atoms with Crippen LogP contribution < -0.4 is 20.1 Å². The largest absolute Gasteiger partial charge is 0.454 e. The van der Waals surface area contributed by atoms with Gasteiger partial charge in [-0.3, -0.25) is 4.79 Å². The Morgan fingerprint density at radius 1 is 1.23 bits per heavy atom. The molecule has 0 spiro atoms. The molecule has 4 rings (SSSR count). The maximum Gasteiger partial charge on any atom is 0.275 e. The Bertz CT molecular complexity index is 990. The standard InChI is InChI=1S/C18H14ClN3O3S/c1-10-12(19)3-2-4-13(10)21-17(23)14-8-26-18(22-14)20-11-5-6-15-16(7-11)25-9-24-15/h2-8H,9H2,1H3,(H,20,22)(H,21,23). The van der Waals surface area contributed by atoms with Gasteiger partial charge in [-0.1, -0.05) is 17.7 Å². The van der Waals surface area contributed by atoms with Gasteiger partial charge in [0.05, 0.1) is 0 Å². The fraction of sp³-hybridized carbons (Fsp3) is 0.111. The van der Waals surface area contributed by atoms with Crippen molar-refractivity contribution >= 4 is 45.4 Å². The molecule has 0 unspecified atom stereocenters. The maximum absolute atomic E-state index is 12.4. The number of nitrogens with one attached hydrogen (secondary N) is 2. The van der Waals surface area contributed by atoms with Crippen LogP contribution in [0.15, 0.2) is 41.8 Å². The van der Waals surface area contributed by atoms with E-state index in [0.717, 1.165) is 11.3 Å². The van der Waals surface area contributed by atoms with Crippen LogP contribution in [0.3, 0.4) is 0 Å². The van der Waals surface area contributed by atoms with E-state index in [9.17, 15) is 4.79 Å². The van der Waals surface area contributed by atoms with Crippen molar-refractivity contribution in [1.82, 2.24) is 4.98 Å². The minimum Gasteiger partial charge on any atom is -0.454 e. The number of hydrogen-bond acceptors (Lipinski definition) is 6. The first-order valence-electron chi connectivity index (χ1n) is 7.79. The Hall–Kier alpha value is -2.77. The van der Waals surface area contributed by atoms with Crippen molar-refractivity contribution in [2.24, 2.45) is 0 Å². The van der Waals surface area contributed by atoms with E-state index in [0.29, 0.717) is 33.0 Å². The third kappa shape index (κ3) is 3.31. The van der Waals surface area contributed by atoms with Gasteiger partial charge >= 0.3 is 0 Å². The second-order valence-electron chi connectivity index (χ2n) is 5.60. The number of rotatable bonds is 4. The van der Waals surface area contributed by atoms with E-state index in [-0.39, 0.29) is 12.7 Å². The predicted molar refractivity (Wildman–Crippen MR) is 102 cm³/mol. The van der Waals surface area contributed by atoms with Crippen molar-refractivity contribution in [1.29, 1.82) is 0 Å². The summed E-state index contributed by atoms with van der Waals surface area (Å²) in [5.41, 5.74) is 2.62. The summed E-state index contributed by atoms with van der Waals surface area (Å²) in [6.45, 7) is 2.08. The van der Waals surface area contributed by atoms with Crippen LogP contribution >= 0.6 is 22.9 Å². The van der Waals surface area contributed by atoms with Crippen LogP contribution in [0.4, 0.5) is 16.5 Å². The lowest BCUT2D eigenvalue weighted by atomic mass is 10.2. The molecule has 2 heterocycles. The van der Waals surface area contributed by atoms with E-state index >= 15 is 0 Å². The highest BCUT2D eigenvalue weighted by Crippen LogP contribution is 2.35. The average Bonchev–Trinajstić information content (AvgIpc) is 3.28. The van der Waals surface area contributed by atoms with Gasteiger partial charge in [-0.25, -0.2) is 4.98 Å². The maximum atomic E-state index is 12.4. The summed E-state index contributed by atoms with van der Waals surface area (Å²) in [4.78, 5) is 16.8. The number of nitrogens with zero attached hydrogens (tertiary/aromatic N) is 1.